The molecule has 2 unspecified atom stereocenters. The minimum atomic E-state index is -0.354. The quantitative estimate of drug-likeness (QED) is 0.453. The van der Waals surface area contributed by atoms with E-state index in [1.807, 2.05) is 0 Å². The van der Waals surface area contributed by atoms with Crippen molar-refractivity contribution in [1.29, 1.82) is 0 Å². The topological polar surface area (TPSA) is 69.4 Å². The highest BCUT2D eigenvalue weighted by Gasteiger charge is 2.46. The molecule has 0 radical (unpaired) electrons. The van der Waals surface area contributed by atoms with Crippen LogP contribution in [0.3, 0.4) is 0 Å². The fourth-order valence-corrected chi connectivity index (χ4v) is 3.40. The van der Waals surface area contributed by atoms with Crippen molar-refractivity contribution >= 4 is 11.9 Å². The highest BCUT2D eigenvalue weighted by atomic mass is 16.5. The summed E-state index contributed by atoms with van der Waals surface area (Å²) in [4.78, 5) is 22.6. The number of allylic oxidation sites excluding steroid dienone is 1. The fraction of sp³-hybridized carbons (Fsp3) is 0.600. The molecule has 1 fully saturated rings. The molecule has 2 N–H and O–H groups in total. The van der Waals surface area contributed by atoms with Gasteiger partial charge < -0.3 is 10.5 Å². The van der Waals surface area contributed by atoms with E-state index in [0.29, 0.717) is 30.9 Å². The minimum Gasteiger partial charge on any atom is -0.462 e. The molecule has 2 bridgehead atoms. The molecular weight excluding hydrogens is 242 g/mol. The molecule has 0 aliphatic heterocycles. The first kappa shape index (κ1) is 13.8. The molecule has 4 nitrogen and oxygen atoms in total. The number of hydrogen-bond donors (Lipinski definition) is 1. The van der Waals surface area contributed by atoms with Gasteiger partial charge in [-0.1, -0.05) is 18.2 Å². The number of carbonyl (C=O) groups is 2. The summed E-state index contributed by atoms with van der Waals surface area (Å²) < 4.78 is 5.13. The maximum absolute atomic E-state index is 11.3. The fourth-order valence-electron chi connectivity index (χ4n) is 3.40. The predicted molar refractivity (Wildman–Crippen MR) is 72.1 cm³/mol. The molecule has 4 heteroatoms. The second kappa shape index (κ2) is 5.19. The molecule has 19 heavy (non-hydrogen) atoms. The van der Waals surface area contributed by atoms with E-state index < -0.39 is 0 Å². The molecule has 2 aliphatic rings. The lowest BCUT2D eigenvalue weighted by molar-refractivity contribution is -0.139. The normalized spacial score (nSPS) is 28.1. The third-order valence-electron chi connectivity index (χ3n) is 4.23. The summed E-state index contributed by atoms with van der Waals surface area (Å²) in [6.45, 7) is 5.53. The number of nitrogens with two attached hydrogens (primary N) is 1. The van der Waals surface area contributed by atoms with Gasteiger partial charge in [0.2, 0.25) is 5.91 Å². The van der Waals surface area contributed by atoms with Gasteiger partial charge >= 0.3 is 5.97 Å². The van der Waals surface area contributed by atoms with Crippen molar-refractivity contribution in [2.75, 3.05) is 6.61 Å². The van der Waals surface area contributed by atoms with Crippen LogP contribution in [0.15, 0.2) is 23.8 Å². The van der Waals surface area contributed by atoms with Crippen molar-refractivity contribution < 1.29 is 14.3 Å². The summed E-state index contributed by atoms with van der Waals surface area (Å²) in [5.41, 5.74) is 6.98. The number of esters is 1. The van der Waals surface area contributed by atoms with Gasteiger partial charge in [-0.25, -0.2) is 4.79 Å². The van der Waals surface area contributed by atoms with Gasteiger partial charge in [-0.15, -0.1) is 0 Å². The van der Waals surface area contributed by atoms with Gasteiger partial charge in [0.25, 0.3) is 0 Å². The molecule has 2 aliphatic carbocycles. The first-order chi connectivity index (χ1) is 8.93. The minimum absolute atomic E-state index is 0.0495. The number of amides is 1. The summed E-state index contributed by atoms with van der Waals surface area (Å²) in [7, 11) is 0. The van der Waals surface area contributed by atoms with Crippen molar-refractivity contribution in [3.8, 4) is 0 Å². The molecule has 104 valence electrons. The lowest BCUT2D eigenvalue weighted by Gasteiger charge is -2.29. The molecule has 1 saturated carbocycles. The number of ether oxygens (including phenoxy) is 1. The maximum atomic E-state index is 11.3. The molecule has 0 aromatic heterocycles. The van der Waals surface area contributed by atoms with Crippen LogP contribution in [-0.4, -0.2) is 18.5 Å². The van der Waals surface area contributed by atoms with E-state index in [9.17, 15) is 9.59 Å². The first-order valence-electron chi connectivity index (χ1n) is 6.75. The summed E-state index contributed by atoms with van der Waals surface area (Å²) >= 11 is 0. The smallest absolute Gasteiger partial charge is 0.333 e. The van der Waals surface area contributed by atoms with Crippen LogP contribution in [0, 0.1) is 11.3 Å². The molecule has 0 saturated heterocycles. The third-order valence-corrected chi connectivity index (χ3v) is 4.23. The van der Waals surface area contributed by atoms with Crippen molar-refractivity contribution in [2.24, 2.45) is 17.1 Å². The molecule has 1 amide bonds. The van der Waals surface area contributed by atoms with Crippen molar-refractivity contribution in [2.45, 2.75) is 39.0 Å². The summed E-state index contributed by atoms with van der Waals surface area (Å²) in [6.07, 6.45) is 6.57. The van der Waals surface area contributed by atoms with Gasteiger partial charge in [0.15, 0.2) is 0 Å². The van der Waals surface area contributed by atoms with Crippen LogP contribution in [0.1, 0.15) is 39.0 Å². The lowest BCUT2D eigenvalue weighted by atomic mass is 9.76. The highest BCUT2D eigenvalue weighted by molar-refractivity contribution is 5.86. The Labute approximate surface area is 113 Å². The Kier molecular flexibility index (Phi) is 3.78. The van der Waals surface area contributed by atoms with E-state index in [1.54, 1.807) is 6.92 Å². The van der Waals surface area contributed by atoms with Crippen molar-refractivity contribution in [1.82, 2.24) is 0 Å². The molecule has 0 heterocycles. The van der Waals surface area contributed by atoms with E-state index in [2.05, 4.69) is 12.7 Å². The molecule has 0 spiro atoms. The van der Waals surface area contributed by atoms with Crippen molar-refractivity contribution in [3.05, 3.63) is 23.8 Å². The van der Waals surface area contributed by atoms with Crippen LogP contribution in [0.4, 0.5) is 0 Å². The van der Waals surface area contributed by atoms with E-state index in [0.717, 1.165) is 19.3 Å². The van der Waals surface area contributed by atoms with Crippen molar-refractivity contribution in [3.63, 3.8) is 0 Å². The number of carbonyl (C=O) groups excluding carboxylic acids is 2. The zero-order valence-electron chi connectivity index (χ0n) is 11.4. The Balaban J connectivity index is 1.93. The standard InChI is InChI=1S/C15H21NO3/c1-10(2)14(18)19-6-4-12-7-11-3-5-15(12,8-11)9-13(16)17/h7,11H,1,3-6,8-9H2,2H3,(H2,16,17). The van der Waals surface area contributed by atoms with Gasteiger partial charge in [0.05, 0.1) is 6.61 Å². The zero-order chi connectivity index (χ0) is 14.0. The van der Waals surface area contributed by atoms with Crippen LogP contribution >= 0.6 is 0 Å². The second-order valence-electron chi connectivity index (χ2n) is 5.78. The molecule has 0 aromatic carbocycles. The molecule has 2 atom stereocenters. The van der Waals surface area contributed by atoms with E-state index >= 15 is 0 Å². The van der Waals surface area contributed by atoms with Crippen LogP contribution in [-0.2, 0) is 14.3 Å². The number of rotatable bonds is 6. The summed E-state index contributed by atoms with van der Waals surface area (Å²) in [6, 6.07) is 0. The third kappa shape index (κ3) is 2.88. The Morgan fingerprint density at radius 3 is 2.89 bits per heavy atom. The Hall–Kier alpha value is -1.58. The van der Waals surface area contributed by atoms with E-state index in [1.165, 1.54) is 5.57 Å². The number of fused-ring (bicyclic) bond motifs is 2. The average Bonchev–Trinajstić information content (AvgIpc) is 2.84. The van der Waals surface area contributed by atoms with Gasteiger partial charge in [-0.3, -0.25) is 4.79 Å². The van der Waals surface area contributed by atoms with E-state index in [4.69, 9.17) is 10.5 Å². The second-order valence-corrected chi connectivity index (χ2v) is 5.78. The largest absolute Gasteiger partial charge is 0.462 e. The van der Waals surface area contributed by atoms with Gasteiger partial charge in [0.1, 0.15) is 0 Å². The Morgan fingerprint density at radius 1 is 1.58 bits per heavy atom. The first-order valence-corrected chi connectivity index (χ1v) is 6.75. The zero-order valence-corrected chi connectivity index (χ0v) is 11.4. The Morgan fingerprint density at radius 2 is 2.32 bits per heavy atom. The van der Waals surface area contributed by atoms with E-state index in [-0.39, 0.29) is 17.3 Å². The van der Waals surface area contributed by atoms with Crippen LogP contribution in [0.2, 0.25) is 0 Å². The molecule has 2 rings (SSSR count). The SMILES string of the molecule is C=C(C)C(=O)OCCC1=CC2CCC1(CC(N)=O)C2. The lowest BCUT2D eigenvalue weighted by Crippen LogP contribution is -2.27. The summed E-state index contributed by atoms with van der Waals surface area (Å²) in [5, 5.41) is 0. The molecular formula is C15H21NO3. The van der Waals surface area contributed by atoms with Gasteiger partial charge in [-0.2, -0.15) is 0 Å². The number of primary amides is 1. The van der Waals surface area contributed by atoms with Gasteiger partial charge in [-0.05, 0) is 32.1 Å². The molecule has 0 aromatic rings. The van der Waals surface area contributed by atoms with Crippen LogP contribution in [0.25, 0.3) is 0 Å². The average molecular weight is 263 g/mol. The number of hydrogen-bond acceptors (Lipinski definition) is 3. The van der Waals surface area contributed by atoms with Gasteiger partial charge in [0, 0.05) is 23.8 Å². The maximum Gasteiger partial charge on any atom is 0.333 e. The van der Waals surface area contributed by atoms with Crippen LogP contribution in [0.5, 0.6) is 0 Å². The predicted octanol–water partition coefficient (Wildman–Crippen LogP) is 2.10. The highest BCUT2D eigenvalue weighted by Crippen LogP contribution is 2.56. The monoisotopic (exact) mass is 263 g/mol. The van der Waals surface area contributed by atoms with Crippen LogP contribution < -0.4 is 5.73 Å². The Bertz CT molecular complexity index is 452. The summed E-state index contributed by atoms with van der Waals surface area (Å²) in [5.74, 6) is -0.0220.